The Balaban J connectivity index is 2.42. The number of amides is 2. The number of nitrogens with zero attached hydrogens (tertiary/aromatic N) is 1. The van der Waals surface area contributed by atoms with Crippen molar-refractivity contribution in [2.45, 2.75) is 52.2 Å². The zero-order valence-corrected chi connectivity index (χ0v) is 16.7. The van der Waals surface area contributed by atoms with Gasteiger partial charge in [-0.1, -0.05) is 23.7 Å². The van der Waals surface area contributed by atoms with Crippen LogP contribution in [-0.2, 0) is 9.53 Å². The zero-order valence-electron chi connectivity index (χ0n) is 16.0. The van der Waals surface area contributed by atoms with Crippen molar-refractivity contribution in [3.8, 4) is 0 Å². The molecule has 1 aromatic rings. The van der Waals surface area contributed by atoms with Crippen molar-refractivity contribution in [2.75, 3.05) is 13.6 Å². The molecule has 0 aliphatic heterocycles. The van der Waals surface area contributed by atoms with Gasteiger partial charge in [-0.2, -0.15) is 0 Å². The minimum atomic E-state index is -0.577. The third-order valence-electron chi connectivity index (χ3n) is 3.45. The predicted octanol–water partition coefficient (Wildman–Crippen LogP) is 3.67. The van der Waals surface area contributed by atoms with Crippen molar-refractivity contribution < 1.29 is 19.1 Å². The van der Waals surface area contributed by atoms with E-state index in [1.807, 2.05) is 0 Å². The maximum Gasteiger partial charge on any atom is 0.407 e. The first kappa shape index (κ1) is 22.0. The summed E-state index contributed by atoms with van der Waals surface area (Å²) < 4.78 is 5.18. The van der Waals surface area contributed by atoms with Gasteiger partial charge < -0.3 is 15.0 Å². The number of ketones is 1. The van der Waals surface area contributed by atoms with E-state index in [4.69, 9.17) is 16.3 Å². The van der Waals surface area contributed by atoms with Gasteiger partial charge in [0.1, 0.15) is 5.60 Å². The summed E-state index contributed by atoms with van der Waals surface area (Å²) in [4.78, 5) is 37.5. The summed E-state index contributed by atoms with van der Waals surface area (Å²) in [5.41, 5.74) is -0.0837. The molecule has 0 radical (unpaired) electrons. The maximum absolute atomic E-state index is 12.2. The molecule has 1 rings (SSSR count). The van der Waals surface area contributed by atoms with Gasteiger partial charge >= 0.3 is 6.09 Å². The van der Waals surface area contributed by atoms with Crippen LogP contribution in [0.4, 0.5) is 4.79 Å². The SMILES string of the molecule is CC(CN(C)C(=O)CCC(=O)c1cccc(Cl)c1)NC(=O)OC(C)(C)C. The number of likely N-dealkylation sites (N-methyl/N-ethyl adjacent to an activating group) is 1. The molecule has 6 nitrogen and oxygen atoms in total. The molecular formula is C19H27ClN2O4. The molecule has 0 aliphatic carbocycles. The zero-order chi connectivity index (χ0) is 19.9. The predicted molar refractivity (Wildman–Crippen MR) is 101 cm³/mol. The van der Waals surface area contributed by atoms with Gasteiger partial charge in [0.05, 0.1) is 0 Å². The number of rotatable bonds is 7. The molecular weight excluding hydrogens is 356 g/mol. The summed E-state index contributed by atoms with van der Waals surface area (Å²) in [7, 11) is 1.64. The van der Waals surface area contributed by atoms with Gasteiger partial charge in [-0.15, -0.1) is 0 Å². The van der Waals surface area contributed by atoms with Crippen LogP contribution in [0.25, 0.3) is 0 Å². The first-order valence-electron chi connectivity index (χ1n) is 8.50. The molecule has 0 bridgehead atoms. The van der Waals surface area contributed by atoms with Gasteiger partial charge in [0.15, 0.2) is 5.78 Å². The van der Waals surface area contributed by atoms with Crippen LogP contribution >= 0.6 is 11.6 Å². The largest absolute Gasteiger partial charge is 0.444 e. The number of alkyl carbamates (subject to hydrolysis) is 1. The molecule has 0 heterocycles. The van der Waals surface area contributed by atoms with E-state index >= 15 is 0 Å². The standard InChI is InChI=1S/C19H27ClN2O4/c1-13(21-18(25)26-19(2,3)4)12-22(5)17(24)10-9-16(23)14-7-6-8-15(20)11-14/h6-8,11,13H,9-10,12H2,1-5H3,(H,21,25). The third kappa shape index (κ3) is 8.34. The molecule has 0 saturated heterocycles. The lowest BCUT2D eigenvalue weighted by atomic mass is 10.1. The Morgan fingerprint density at radius 2 is 1.88 bits per heavy atom. The van der Waals surface area contributed by atoms with Crippen LogP contribution in [0.15, 0.2) is 24.3 Å². The van der Waals surface area contributed by atoms with Crippen LogP contribution in [0.2, 0.25) is 5.02 Å². The van der Waals surface area contributed by atoms with E-state index in [1.165, 1.54) is 4.90 Å². The van der Waals surface area contributed by atoms with Gasteiger partial charge in [0.2, 0.25) is 5.91 Å². The topological polar surface area (TPSA) is 75.7 Å². The summed E-state index contributed by atoms with van der Waals surface area (Å²) in [6.07, 6.45) is -0.319. The van der Waals surface area contributed by atoms with Crippen LogP contribution in [0.5, 0.6) is 0 Å². The van der Waals surface area contributed by atoms with E-state index in [0.717, 1.165) is 0 Å². The molecule has 0 aliphatic rings. The smallest absolute Gasteiger partial charge is 0.407 e. The van der Waals surface area contributed by atoms with Crippen molar-refractivity contribution in [3.05, 3.63) is 34.9 Å². The molecule has 1 atom stereocenters. The molecule has 0 saturated carbocycles. The number of carbonyl (C=O) groups is 3. The highest BCUT2D eigenvalue weighted by molar-refractivity contribution is 6.31. The van der Waals surface area contributed by atoms with Gasteiger partial charge in [-0.3, -0.25) is 9.59 Å². The Kier molecular flexibility index (Phi) is 8.08. The van der Waals surface area contributed by atoms with Crippen molar-refractivity contribution in [2.24, 2.45) is 0 Å². The summed E-state index contributed by atoms with van der Waals surface area (Å²) in [6, 6.07) is 6.38. The fourth-order valence-electron chi connectivity index (χ4n) is 2.28. The molecule has 0 aromatic heterocycles. The highest BCUT2D eigenvalue weighted by Gasteiger charge is 2.20. The Hall–Kier alpha value is -2.08. The lowest BCUT2D eigenvalue weighted by Crippen LogP contribution is -2.44. The molecule has 0 spiro atoms. The summed E-state index contributed by atoms with van der Waals surface area (Å²) in [5, 5.41) is 3.17. The Morgan fingerprint density at radius 1 is 1.23 bits per heavy atom. The second-order valence-corrected chi connectivity index (χ2v) is 7.69. The molecule has 26 heavy (non-hydrogen) atoms. The third-order valence-corrected chi connectivity index (χ3v) is 3.68. The Bertz CT molecular complexity index is 655. The number of hydrogen-bond acceptors (Lipinski definition) is 4. The molecule has 2 amide bonds. The summed E-state index contributed by atoms with van der Waals surface area (Å²) in [5.74, 6) is -0.299. The molecule has 7 heteroatoms. The minimum absolute atomic E-state index is 0.0982. The monoisotopic (exact) mass is 382 g/mol. The van der Waals surface area contributed by atoms with Gasteiger partial charge in [-0.05, 0) is 39.8 Å². The number of hydrogen-bond donors (Lipinski definition) is 1. The molecule has 1 aromatic carbocycles. The number of nitrogens with one attached hydrogen (secondary N) is 1. The van der Waals surface area contributed by atoms with E-state index in [0.29, 0.717) is 17.1 Å². The first-order valence-corrected chi connectivity index (χ1v) is 8.88. The average Bonchev–Trinajstić information content (AvgIpc) is 2.49. The lowest BCUT2D eigenvalue weighted by molar-refractivity contribution is -0.130. The number of halogens is 1. The van der Waals surface area contributed by atoms with Gasteiger partial charge in [0, 0.05) is 43.1 Å². The Morgan fingerprint density at radius 3 is 2.46 bits per heavy atom. The van der Waals surface area contributed by atoms with Crippen molar-refractivity contribution in [3.63, 3.8) is 0 Å². The summed E-state index contributed by atoms with van der Waals surface area (Å²) >= 11 is 5.87. The van der Waals surface area contributed by atoms with Crippen LogP contribution in [-0.4, -0.2) is 47.9 Å². The van der Waals surface area contributed by atoms with Gasteiger partial charge in [0.25, 0.3) is 0 Å². The number of carbonyl (C=O) groups excluding carboxylic acids is 3. The number of benzene rings is 1. The van der Waals surface area contributed by atoms with E-state index in [-0.39, 0.29) is 30.6 Å². The molecule has 0 fully saturated rings. The number of ether oxygens (including phenoxy) is 1. The highest BCUT2D eigenvalue weighted by atomic mass is 35.5. The Labute approximate surface area is 159 Å². The van der Waals surface area contributed by atoms with E-state index in [1.54, 1.807) is 59.0 Å². The quantitative estimate of drug-likeness (QED) is 0.730. The second-order valence-electron chi connectivity index (χ2n) is 7.26. The molecule has 1 unspecified atom stereocenters. The average molecular weight is 383 g/mol. The second kappa shape index (κ2) is 9.57. The molecule has 144 valence electrons. The first-order chi connectivity index (χ1) is 12.0. The van der Waals surface area contributed by atoms with Crippen molar-refractivity contribution in [1.82, 2.24) is 10.2 Å². The van der Waals surface area contributed by atoms with Gasteiger partial charge in [-0.25, -0.2) is 4.79 Å². The molecule has 1 N–H and O–H groups in total. The minimum Gasteiger partial charge on any atom is -0.444 e. The van der Waals surface area contributed by atoms with Crippen molar-refractivity contribution in [1.29, 1.82) is 0 Å². The van der Waals surface area contributed by atoms with Crippen LogP contribution < -0.4 is 5.32 Å². The van der Waals surface area contributed by atoms with Crippen LogP contribution in [0.3, 0.4) is 0 Å². The van der Waals surface area contributed by atoms with E-state index < -0.39 is 11.7 Å². The lowest BCUT2D eigenvalue weighted by Gasteiger charge is -2.25. The van der Waals surface area contributed by atoms with Crippen LogP contribution in [0, 0.1) is 0 Å². The van der Waals surface area contributed by atoms with E-state index in [2.05, 4.69) is 5.32 Å². The van der Waals surface area contributed by atoms with Crippen molar-refractivity contribution >= 4 is 29.4 Å². The fourth-order valence-corrected chi connectivity index (χ4v) is 2.47. The summed E-state index contributed by atoms with van der Waals surface area (Å²) in [6.45, 7) is 7.45. The number of Topliss-reactive ketones (excluding diaryl/α,β-unsaturated/α-hetero) is 1. The fraction of sp³-hybridized carbons (Fsp3) is 0.526. The normalized spacial score (nSPS) is 12.2. The maximum atomic E-state index is 12.2. The highest BCUT2D eigenvalue weighted by Crippen LogP contribution is 2.13. The van der Waals surface area contributed by atoms with Crippen LogP contribution in [0.1, 0.15) is 50.9 Å². The van der Waals surface area contributed by atoms with E-state index in [9.17, 15) is 14.4 Å².